The van der Waals surface area contributed by atoms with Crippen LogP contribution in [0.15, 0.2) is 53.7 Å². The number of aromatic nitrogens is 1. The highest BCUT2D eigenvalue weighted by atomic mass is 32.2. The van der Waals surface area contributed by atoms with Gasteiger partial charge in [0.05, 0.1) is 0 Å². The molecule has 0 radical (unpaired) electrons. The Morgan fingerprint density at radius 3 is 2.35 bits per heavy atom. The van der Waals surface area contributed by atoms with Crippen LogP contribution in [0, 0.1) is 0 Å². The first-order chi connectivity index (χ1) is 8.38. The molecule has 0 saturated heterocycles. The zero-order valence-corrected chi connectivity index (χ0v) is 10.7. The minimum absolute atomic E-state index is 0.926. The lowest BCUT2D eigenvalue weighted by Crippen LogP contribution is -2.04. The lowest BCUT2D eigenvalue weighted by Gasteiger charge is -2.04. The maximum absolute atomic E-state index is 4.02. The minimum atomic E-state index is 0.926. The van der Waals surface area contributed by atoms with Gasteiger partial charge in [-0.1, -0.05) is 12.1 Å². The molecule has 0 atom stereocenters. The second-order valence-electron chi connectivity index (χ2n) is 3.82. The number of pyridine rings is 1. The van der Waals surface area contributed by atoms with Crippen LogP contribution in [0.1, 0.15) is 11.1 Å². The summed E-state index contributed by atoms with van der Waals surface area (Å²) in [6.07, 6.45) is 3.68. The summed E-state index contributed by atoms with van der Waals surface area (Å²) in [5.41, 5.74) is 2.63. The maximum atomic E-state index is 4.02. The molecule has 1 N–H and O–H groups in total. The Bertz CT molecular complexity index is 440. The highest BCUT2D eigenvalue weighted by Gasteiger charge is 1.96. The van der Waals surface area contributed by atoms with Gasteiger partial charge < -0.3 is 5.32 Å². The molecule has 0 aliphatic rings. The number of hydrogen-bond donors (Lipinski definition) is 1. The van der Waals surface area contributed by atoms with Crippen molar-refractivity contribution in [2.45, 2.75) is 17.2 Å². The van der Waals surface area contributed by atoms with Crippen LogP contribution in [0.25, 0.3) is 0 Å². The lowest BCUT2D eigenvalue weighted by atomic mass is 10.2. The van der Waals surface area contributed by atoms with E-state index in [9.17, 15) is 0 Å². The third kappa shape index (κ3) is 3.88. The Kier molecular flexibility index (Phi) is 4.59. The molecular weight excluding hydrogens is 228 g/mol. The van der Waals surface area contributed by atoms with Crippen molar-refractivity contribution >= 4 is 11.8 Å². The van der Waals surface area contributed by atoms with Crippen LogP contribution in [-0.4, -0.2) is 12.0 Å². The van der Waals surface area contributed by atoms with Gasteiger partial charge in [0.15, 0.2) is 0 Å². The summed E-state index contributed by atoms with van der Waals surface area (Å²) in [6, 6.07) is 12.8. The largest absolute Gasteiger partial charge is 0.316 e. The first-order valence-corrected chi connectivity index (χ1v) is 6.62. The molecule has 0 unspecified atom stereocenters. The SMILES string of the molecule is CNCc1ccc(SCc2ccncc2)cc1. The number of hydrogen-bond acceptors (Lipinski definition) is 3. The topological polar surface area (TPSA) is 24.9 Å². The molecule has 0 spiro atoms. The van der Waals surface area contributed by atoms with E-state index in [4.69, 9.17) is 0 Å². The van der Waals surface area contributed by atoms with E-state index in [1.807, 2.05) is 31.2 Å². The molecule has 17 heavy (non-hydrogen) atoms. The zero-order valence-electron chi connectivity index (χ0n) is 9.89. The van der Waals surface area contributed by atoms with Crippen molar-refractivity contribution in [2.75, 3.05) is 7.05 Å². The van der Waals surface area contributed by atoms with Gasteiger partial charge in [0.25, 0.3) is 0 Å². The molecule has 3 heteroatoms. The summed E-state index contributed by atoms with van der Waals surface area (Å²) in [4.78, 5) is 5.32. The normalized spacial score (nSPS) is 10.4. The fourth-order valence-electron chi connectivity index (χ4n) is 1.55. The van der Waals surface area contributed by atoms with Crippen LogP contribution in [0.4, 0.5) is 0 Å². The molecule has 2 nitrogen and oxygen atoms in total. The van der Waals surface area contributed by atoms with Crippen LogP contribution in [-0.2, 0) is 12.3 Å². The third-order valence-electron chi connectivity index (χ3n) is 2.46. The van der Waals surface area contributed by atoms with E-state index in [0.29, 0.717) is 0 Å². The van der Waals surface area contributed by atoms with Crippen molar-refractivity contribution < 1.29 is 0 Å². The van der Waals surface area contributed by atoms with Crippen molar-refractivity contribution in [2.24, 2.45) is 0 Å². The van der Waals surface area contributed by atoms with Gasteiger partial charge in [-0.25, -0.2) is 0 Å². The van der Waals surface area contributed by atoms with Crippen LogP contribution in [0.2, 0.25) is 0 Å². The Hall–Kier alpha value is -1.32. The van der Waals surface area contributed by atoms with Crippen molar-refractivity contribution in [1.29, 1.82) is 0 Å². The molecule has 0 aliphatic carbocycles. The molecule has 1 aromatic carbocycles. The van der Waals surface area contributed by atoms with Crippen LogP contribution in [0.5, 0.6) is 0 Å². The molecule has 0 fully saturated rings. The number of benzene rings is 1. The predicted octanol–water partition coefficient (Wildman–Crippen LogP) is 3.09. The average Bonchev–Trinajstić information content (AvgIpc) is 2.40. The van der Waals surface area contributed by atoms with Crippen LogP contribution < -0.4 is 5.32 Å². The molecule has 2 rings (SSSR count). The van der Waals surface area contributed by atoms with Crippen molar-refractivity contribution in [1.82, 2.24) is 10.3 Å². The van der Waals surface area contributed by atoms with Crippen LogP contribution in [0.3, 0.4) is 0 Å². The van der Waals surface area contributed by atoms with Gasteiger partial charge in [-0.2, -0.15) is 0 Å². The summed E-state index contributed by atoms with van der Waals surface area (Å²) in [5, 5.41) is 3.15. The van der Waals surface area contributed by atoms with E-state index in [2.05, 4.69) is 46.7 Å². The maximum Gasteiger partial charge on any atom is 0.0270 e. The fraction of sp³-hybridized carbons (Fsp3) is 0.214. The van der Waals surface area contributed by atoms with Crippen molar-refractivity contribution in [3.63, 3.8) is 0 Å². The lowest BCUT2D eigenvalue weighted by molar-refractivity contribution is 0.817. The Balaban J connectivity index is 1.91. The summed E-state index contributed by atoms with van der Waals surface area (Å²) in [7, 11) is 1.96. The first-order valence-electron chi connectivity index (χ1n) is 5.64. The summed E-state index contributed by atoms with van der Waals surface area (Å²) >= 11 is 1.85. The van der Waals surface area contributed by atoms with Gasteiger partial charge in [-0.3, -0.25) is 4.98 Å². The van der Waals surface area contributed by atoms with Crippen LogP contribution >= 0.6 is 11.8 Å². The fourth-order valence-corrected chi connectivity index (χ4v) is 2.41. The smallest absolute Gasteiger partial charge is 0.0270 e. The van der Waals surface area contributed by atoms with Gasteiger partial charge in [0.2, 0.25) is 0 Å². The molecule has 2 aromatic rings. The van der Waals surface area contributed by atoms with E-state index in [-0.39, 0.29) is 0 Å². The average molecular weight is 244 g/mol. The number of nitrogens with one attached hydrogen (secondary N) is 1. The summed E-state index contributed by atoms with van der Waals surface area (Å²) in [5.74, 6) is 0.994. The second kappa shape index (κ2) is 6.42. The molecule has 0 aliphatic heterocycles. The Labute approximate surface area is 106 Å². The van der Waals surface area contributed by atoms with Gasteiger partial charge in [0.1, 0.15) is 0 Å². The van der Waals surface area contributed by atoms with E-state index < -0.39 is 0 Å². The predicted molar refractivity (Wildman–Crippen MR) is 73.0 cm³/mol. The van der Waals surface area contributed by atoms with Gasteiger partial charge >= 0.3 is 0 Å². The van der Waals surface area contributed by atoms with E-state index in [1.54, 1.807) is 0 Å². The molecule has 0 saturated carbocycles. The van der Waals surface area contributed by atoms with E-state index in [0.717, 1.165) is 12.3 Å². The minimum Gasteiger partial charge on any atom is -0.316 e. The van der Waals surface area contributed by atoms with Gasteiger partial charge in [-0.05, 0) is 42.4 Å². The zero-order chi connectivity index (χ0) is 11.9. The molecule has 1 heterocycles. The van der Waals surface area contributed by atoms with E-state index >= 15 is 0 Å². The Morgan fingerprint density at radius 1 is 1.00 bits per heavy atom. The molecule has 0 bridgehead atoms. The first kappa shape index (κ1) is 12.1. The second-order valence-corrected chi connectivity index (χ2v) is 4.87. The number of thioether (sulfide) groups is 1. The summed E-state index contributed by atoms with van der Waals surface area (Å²) in [6.45, 7) is 0.926. The van der Waals surface area contributed by atoms with Crippen molar-refractivity contribution in [3.8, 4) is 0 Å². The third-order valence-corrected chi connectivity index (χ3v) is 3.54. The standard InChI is InChI=1S/C14H16N2S/c1-15-10-12-2-4-14(5-3-12)17-11-13-6-8-16-9-7-13/h2-9,15H,10-11H2,1H3. The monoisotopic (exact) mass is 244 g/mol. The number of rotatable bonds is 5. The highest BCUT2D eigenvalue weighted by molar-refractivity contribution is 7.98. The molecule has 1 aromatic heterocycles. The van der Waals surface area contributed by atoms with Gasteiger partial charge in [0, 0.05) is 29.6 Å². The molecule has 0 amide bonds. The molecular formula is C14H16N2S. The summed E-state index contributed by atoms with van der Waals surface area (Å²) < 4.78 is 0. The Morgan fingerprint density at radius 2 is 1.71 bits per heavy atom. The van der Waals surface area contributed by atoms with E-state index in [1.165, 1.54) is 16.0 Å². The quantitative estimate of drug-likeness (QED) is 0.818. The highest BCUT2D eigenvalue weighted by Crippen LogP contribution is 2.22. The van der Waals surface area contributed by atoms with Crippen molar-refractivity contribution in [3.05, 3.63) is 59.9 Å². The molecule has 88 valence electrons. The number of nitrogens with zero attached hydrogens (tertiary/aromatic N) is 1. The van der Waals surface area contributed by atoms with Gasteiger partial charge in [-0.15, -0.1) is 11.8 Å².